The number of rotatable bonds is 5. The Morgan fingerprint density at radius 3 is 3.05 bits per heavy atom. The lowest BCUT2D eigenvalue weighted by Crippen LogP contribution is -2.31. The van der Waals surface area contributed by atoms with Crippen molar-refractivity contribution in [1.29, 1.82) is 0 Å². The number of amides is 1. The van der Waals surface area contributed by atoms with Gasteiger partial charge >= 0.3 is 0 Å². The van der Waals surface area contributed by atoms with Crippen LogP contribution in [0.4, 0.5) is 5.69 Å². The molecule has 1 atom stereocenters. The summed E-state index contributed by atoms with van der Waals surface area (Å²) >= 11 is 0. The third kappa shape index (κ3) is 4.03. The summed E-state index contributed by atoms with van der Waals surface area (Å²) in [4.78, 5) is 21.9. The first-order valence-corrected chi connectivity index (χ1v) is 6.36. The van der Waals surface area contributed by atoms with Gasteiger partial charge in [0.2, 0.25) is 5.91 Å². The van der Waals surface area contributed by atoms with E-state index in [2.05, 4.69) is 10.6 Å². The van der Waals surface area contributed by atoms with Crippen LogP contribution in [0.2, 0.25) is 0 Å². The van der Waals surface area contributed by atoms with E-state index in [9.17, 15) is 14.9 Å². The van der Waals surface area contributed by atoms with Crippen LogP contribution in [0.1, 0.15) is 12.0 Å². The molecule has 0 radical (unpaired) electrons. The van der Waals surface area contributed by atoms with E-state index in [0.717, 1.165) is 19.5 Å². The molecule has 1 saturated heterocycles. The molecule has 1 aliphatic heterocycles. The zero-order valence-corrected chi connectivity index (χ0v) is 10.6. The third-order valence-corrected chi connectivity index (χ3v) is 3.24. The minimum absolute atomic E-state index is 0.0188. The number of carbonyl (C=O) groups is 1. The number of non-ortho nitro benzene ring substituents is 1. The number of carbonyl (C=O) groups excluding carboxylic acids is 1. The molecular weight excluding hydrogens is 246 g/mol. The van der Waals surface area contributed by atoms with Crippen LogP contribution in [0.25, 0.3) is 0 Å². The van der Waals surface area contributed by atoms with Crippen LogP contribution in [-0.4, -0.2) is 30.5 Å². The zero-order chi connectivity index (χ0) is 13.7. The summed E-state index contributed by atoms with van der Waals surface area (Å²) in [7, 11) is 0. The second-order valence-corrected chi connectivity index (χ2v) is 4.77. The Morgan fingerprint density at radius 2 is 2.37 bits per heavy atom. The van der Waals surface area contributed by atoms with Gasteiger partial charge in [-0.05, 0) is 31.0 Å². The second-order valence-electron chi connectivity index (χ2n) is 4.77. The van der Waals surface area contributed by atoms with Crippen molar-refractivity contribution >= 4 is 11.6 Å². The van der Waals surface area contributed by atoms with Crippen molar-refractivity contribution in [2.45, 2.75) is 12.8 Å². The fourth-order valence-corrected chi connectivity index (χ4v) is 2.17. The van der Waals surface area contributed by atoms with Crippen molar-refractivity contribution in [3.05, 3.63) is 39.9 Å². The maximum Gasteiger partial charge on any atom is 0.269 e. The number of nitro benzene ring substituents is 1. The monoisotopic (exact) mass is 263 g/mol. The Hall–Kier alpha value is -1.95. The molecule has 2 N–H and O–H groups in total. The van der Waals surface area contributed by atoms with E-state index < -0.39 is 4.92 Å². The molecule has 1 aromatic rings. The molecule has 0 aromatic heterocycles. The van der Waals surface area contributed by atoms with Gasteiger partial charge in [-0.15, -0.1) is 0 Å². The van der Waals surface area contributed by atoms with E-state index in [4.69, 9.17) is 0 Å². The van der Waals surface area contributed by atoms with Crippen LogP contribution in [-0.2, 0) is 11.2 Å². The number of hydrogen-bond acceptors (Lipinski definition) is 4. The van der Waals surface area contributed by atoms with E-state index in [1.165, 1.54) is 12.1 Å². The van der Waals surface area contributed by atoms with Gasteiger partial charge in [0, 0.05) is 18.7 Å². The predicted molar refractivity (Wildman–Crippen MR) is 70.8 cm³/mol. The van der Waals surface area contributed by atoms with Gasteiger partial charge in [-0.3, -0.25) is 14.9 Å². The van der Waals surface area contributed by atoms with Crippen LogP contribution >= 0.6 is 0 Å². The number of nitrogens with one attached hydrogen (secondary N) is 2. The van der Waals surface area contributed by atoms with Gasteiger partial charge in [0.15, 0.2) is 0 Å². The average Bonchev–Trinajstić information content (AvgIpc) is 2.90. The molecule has 19 heavy (non-hydrogen) atoms. The van der Waals surface area contributed by atoms with Crippen LogP contribution in [0.5, 0.6) is 0 Å². The molecule has 1 aliphatic rings. The van der Waals surface area contributed by atoms with E-state index in [0.29, 0.717) is 18.0 Å². The first kappa shape index (κ1) is 13.5. The molecule has 0 spiro atoms. The summed E-state index contributed by atoms with van der Waals surface area (Å²) in [5.74, 6) is 0.404. The van der Waals surface area contributed by atoms with Gasteiger partial charge in [0.1, 0.15) is 0 Å². The molecule has 1 amide bonds. The summed E-state index contributed by atoms with van der Waals surface area (Å²) < 4.78 is 0. The lowest BCUT2D eigenvalue weighted by molar-refractivity contribution is -0.384. The van der Waals surface area contributed by atoms with E-state index in [1.807, 2.05) is 0 Å². The molecule has 6 nitrogen and oxygen atoms in total. The average molecular weight is 263 g/mol. The smallest absolute Gasteiger partial charge is 0.269 e. The van der Waals surface area contributed by atoms with Crippen LogP contribution in [0.15, 0.2) is 24.3 Å². The van der Waals surface area contributed by atoms with Crippen LogP contribution in [0, 0.1) is 16.0 Å². The van der Waals surface area contributed by atoms with E-state index in [-0.39, 0.29) is 18.0 Å². The Labute approximate surface area is 111 Å². The standard InChI is InChI=1S/C13H17N3O3/c17-13(15-9-11-4-5-14-8-11)7-10-2-1-3-12(6-10)16(18)19/h1-3,6,11,14H,4-5,7-9H2,(H,15,17). The van der Waals surface area contributed by atoms with Crippen molar-refractivity contribution in [3.63, 3.8) is 0 Å². The van der Waals surface area contributed by atoms with Gasteiger partial charge in [-0.2, -0.15) is 0 Å². The van der Waals surface area contributed by atoms with Crippen LogP contribution < -0.4 is 10.6 Å². The third-order valence-electron chi connectivity index (χ3n) is 3.24. The fraction of sp³-hybridized carbons (Fsp3) is 0.462. The van der Waals surface area contributed by atoms with Crippen molar-refractivity contribution in [3.8, 4) is 0 Å². The number of nitro groups is 1. The molecule has 102 valence electrons. The second kappa shape index (κ2) is 6.29. The molecule has 1 heterocycles. The van der Waals surface area contributed by atoms with Crippen LogP contribution in [0.3, 0.4) is 0 Å². The van der Waals surface area contributed by atoms with Gasteiger partial charge in [-0.1, -0.05) is 12.1 Å². The van der Waals surface area contributed by atoms with Gasteiger partial charge in [0.25, 0.3) is 5.69 Å². The van der Waals surface area contributed by atoms with Gasteiger partial charge in [0.05, 0.1) is 11.3 Å². The highest BCUT2D eigenvalue weighted by molar-refractivity contribution is 5.78. The quantitative estimate of drug-likeness (QED) is 0.609. The Bertz CT molecular complexity index is 470. The molecule has 1 aromatic carbocycles. The highest BCUT2D eigenvalue weighted by atomic mass is 16.6. The molecular formula is C13H17N3O3. The molecule has 6 heteroatoms. The highest BCUT2D eigenvalue weighted by Crippen LogP contribution is 2.13. The fourth-order valence-electron chi connectivity index (χ4n) is 2.17. The molecule has 1 fully saturated rings. The summed E-state index contributed by atoms with van der Waals surface area (Å²) in [6.45, 7) is 2.61. The SMILES string of the molecule is O=C(Cc1cccc([N+](=O)[O-])c1)NCC1CCNC1. The minimum atomic E-state index is -0.453. The molecule has 0 saturated carbocycles. The zero-order valence-electron chi connectivity index (χ0n) is 10.6. The maximum absolute atomic E-state index is 11.7. The topological polar surface area (TPSA) is 84.3 Å². The summed E-state index contributed by atoms with van der Waals surface area (Å²) in [6, 6.07) is 6.19. The normalized spacial score (nSPS) is 18.2. The van der Waals surface area contributed by atoms with Crippen molar-refractivity contribution < 1.29 is 9.72 Å². The van der Waals surface area contributed by atoms with E-state index >= 15 is 0 Å². The Balaban J connectivity index is 1.84. The first-order chi connectivity index (χ1) is 9.15. The lowest BCUT2D eigenvalue weighted by atomic mass is 10.1. The Kier molecular flexibility index (Phi) is 4.46. The highest BCUT2D eigenvalue weighted by Gasteiger charge is 2.15. The summed E-state index contributed by atoms with van der Waals surface area (Å²) in [5.41, 5.74) is 0.682. The van der Waals surface area contributed by atoms with Crippen molar-refractivity contribution in [2.24, 2.45) is 5.92 Å². The minimum Gasteiger partial charge on any atom is -0.355 e. The molecule has 2 rings (SSSR count). The van der Waals surface area contributed by atoms with Crippen molar-refractivity contribution in [2.75, 3.05) is 19.6 Å². The van der Waals surface area contributed by atoms with Gasteiger partial charge < -0.3 is 10.6 Å². The largest absolute Gasteiger partial charge is 0.355 e. The lowest BCUT2D eigenvalue weighted by Gasteiger charge is -2.09. The van der Waals surface area contributed by atoms with Crippen molar-refractivity contribution in [1.82, 2.24) is 10.6 Å². The number of hydrogen-bond donors (Lipinski definition) is 2. The van der Waals surface area contributed by atoms with E-state index in [1.54, 1.807) is 12.1 Å². The summed E-state index contributed by atoms with van der Waals surface area (Å²) in [6.07, 6.45) is 1.26. The number of nitrogens with zero attached hydrogens (tertiary/aromatic N) is 1. The first-order valence-electron chi connectivity index (χ1n) is 6.36. The molecule has 0 aliphatic carbocycles. The molecule has 0 bridgehead atoms. The Morgan fingerprint density at radius 1 is 1.53 bits per heavy atom. The molecule has 1 unspecified atom stereocenters. The van der Waals surface area contributed by atoms with Gasteiger partial charge in [-0.25, -0.2) is 0 Å². The number of benzene rings is 1. The predicted octanol–water partition coefficient (Wildman–Crippen LogP) is 0.863. The summed E-state index contributed by atoms with van der Waals surface area (Å²) in [5, 5.41) is 16.7. The maximum atomic E-state index is 11.7.